The van der Waals surface area contributed by atoms with Crippen molar-refractivity contribution in [2.45, 2.75) is 38.7 Å². The van der Waals surface area contributed by atoms with Gasteiger partial charge in [0, 0.05) is 31.6 Å². The van der Waals surface area contributed by atoms with Crippen molar-refractivity contribution in [3.8, 4) is 11.4 Å². The van der Waals surface area contributed by atoms with Gasteiger partial charge in [0.05, 0.1) is 6.10 Å². The van der Waals surface area contributed by atoms with E-state index in [1.165, 1.54) is 0 Å². The molecule has 2 heterocycles. The number of aromatic nitrogens is 2. The van der Waals surface area contributed by atoms with E-state index in [0.717, 1.165) is 30.6 Å². The molecule has 3 rings (SSSR count). The number of hydrogen-bond donors (Lipinski definition) is 1. The van der Waals surface area contributed by atoms with Crippen LogP contribution in [0.5, 0.6) is 0 Å². The highest BCUT2D eigenvalue weighted by Crippen LogP contribution is 2.20. The summed E-state index contributed by atoms with van der Waals surface area (Å²) in [6, 6.07) is 7.87. The minimum Gasteiger partial charge on any atom is -0.376 e. The summed E-state index contributed by atoms with van der Waals surface area (Å²) in [6.45, 7) is 3.38. The molecule has 0 aliphatic carbocycles. The molecular weight excluding hydrogens is 294 g/mol. The van der Waals surface area contributed by atoms with Crippen LogP contribution in [0, 0.1) is 6.92 Å². The molecule has 23 heavy (non-hydrogen) atoms. The molecule has 1 fully saturated rings. The number of benzene rings is 1. The quantitative estimate of drug-likeness (QED) is 0.885. The molecule has 1 aromatic heterocycles. The van der Waals surface area contributed by atoms with Crippen LogP contribution in [0.4, 0.5) is 0 Å². The van der Waals surface area contributed by atoms with E-state index in [9.17, 15) is 4.79 Å². The minimum absolute atomic E-state index is 0.0175. The lowest BCUT2D eigenvalue weighted by atomic mass is 10.1. The molecule has 1 aliphatic rings. The zero-order valence-electron chi connectivity index (χ0n) is 13.2. The van der Waals surface area contributed by atoms with Crippen molar-refractivity contribution in [2.24, 2.45) is 0 Å². The molecule has 6 nitrogen and oxygen atoms in total. The number of amides is 1. The van der Waals surface area contributed by atoms with Crippen molar-refractivity contribution >= 4 is 5.91 Å². The first kappa shape index (κ1) is 15.7. The third-order valence-electron chi connectivity index (χ3n) is 3.97. The third kappa shape index (κ3) is 4.16. The summed E-state index contributed by atoms with van der Waals surface area (Å²) in [5.74, 6) is 1.03. The Labute approximate surface area is 135 Å². The topological polar surface area (TPSA) is 77.2 Å². The zero-order valence-corrected chi connectivity index (χ0v) is 13.2. The molecule has 1 aliphatic heterocycles. The Balaban J connectivity index is 1.49. The van der Waals surface area contributed by atoms with Gasteiger partial charge in [0.2, 0.25) is 17.6 Å². The van der Waals surface area contributed by atoms with Crippen LogP contribution in [0.25, 0.3) is 11.4 Å². The van der Waals surface area contributed by atoms with Crippen molar-refractivity contribution in [3.63, 3.8) is 0 Å². The molecule has 0 bridgehead atoms. The predicted molar refractivity (Wildman–Crippen MR) is 84.8 cm³/mol. The monoisotopic (exact) mass is 315 g/mol. The van der Waals surface area contributed by atoms with Crippen molar-refractivity contribution in [1.82, 2.24) is 15.5 Å². The molecule has 1 amide bonds. The maximum Gasteiger partial charge on any atom is 0.227 e. The van der Waals surface area contributed by atoms with Crippen molar-refractivity contribution < 1.29 is 14.1 Å². The highest BCUT2D eigenvalue weighted by atomic mass is 16.5. The molecule has 1 N–H and O–H groups in total. The lowest BCUT2D eigenvalue weighted by Gasteiger charge is -2.09. The fraction of sp³-hybridized carbons (Fsp3) is 0.471. The Bertz CT molecular complexity index is 663. The Morgan fingerprint density at radius 1 is 1.39 bits per heavy atom. The second-order valence-electron chi connectivity index (χ2n) is 5.77. The third-order valence-corrected chi connectivity index (χ3v) is 3.97. The lowest BCUT2D eigenvalue weighted by Crippen LogP contribution is -2.31. The average molecular weight is 315 g/mol. The zero-order chi connectivity index (χ0) is 16.1. The standard InChI is InChI=1S/C17H21N3O3/c1-12-5-2-3-7-14(12)17-19-16(23-20-17)9-8-15(21)18-11-13-6-4-10-22-13/h2-3,5,7,13H,4,6,8-11H2,1H3,(H,18,21)/t13-/m1/s1. The van der Waals surface area contributed by atoms with E-state index in [2.05, 4.69) is 15.5 Å². The highest BCUT2D eigenvalue weighted by molar-refractivity contribution is 5.76. The molecule has 0 saturated carbocycles. The summed E-state index contributed by atoms with van der Waals surface area (Å²) in [4.78, 5) is 16.2. The van der Waals surface area contributed by atoms with E-state index in [1.807, 2.05) is 31.2 Å². The van der Waals surface area contributed by atoms with Crippen molar-refractivity contribution in [3.05, 3.63) is 35.7 Å². The summed E-state index contributed by atoms with van der Waals surface area (Å²) in [7, 11) is 0. The lowest BCUT2D eigenvalue weighted by molar-refractivity contribution is -0.121. The van der Waals surface area contributed by atoms with Gasteiger partial charge in [0.1, 0.15) is 0 Å². The molecule has 0 spiro atoms. The molecule has 2 aromatic rings. The SMILES string of the molecule is Cc1ccccc1-c1noc(CCC(=O)NC[C@H]2CCCO2)n1. The molecule has 0 radical (unpaired) electrons. The molecule has 6 heteroatoms. The van der Waals surface area contributed by atoms with E-state index in [0.29, 0.717) is 31.1 Å². The minimum atomic E-state index is -0.0175. The predicted octanol–water partition coefficient (Wildman–Crippen LogP) is 2.27. The number of carbonyl (C=O) groups excluding carboxylic acids is 1. The number of hydrogen-bond acceptors (Lipinski definition) is 5. The first-order valence-corrected chi connectivity index (χ1v) is 7.99. The number of aryl methyl sites for hydroxylation is 2. The Kier molecular flexibility index (Phi) is 5.02. The van der Waals surface area contributed by atoms with Gasteiger partial charge < -0.3 is 14.6 Å². The van der Waals surface area contributed by atoms with Gasteiger partial charge >= 0.3 is 0 Å². The number of ether oxygens (including phenoxy) is 1. The fourth-order valence-electron chi connectivity index (χ4n) is 2.63. The second-order valence-corrected chi connectivity index (χ2v) is 5.77. The van der Waals surface area contributed by atoms with Crippen LogP contribution in [0.3, 0.4) is 0 Å². The second kappa shape index (κ2) is 7.37. The summed E-state index contributed by atoms with van der Waals surface area (Å²) in [5.41, 5.74) is 2.04. The van der Waals surface area contributed by atoms with E-state index in [1.54, 1.807) is 0 Å². The van der Waals surface area contributed by atoms with Crippen molar-refractivity contribution in [2.75, 3.05) is 13.2 Å². The Hall–Kier alpha value is -2.21. The maximum absolute atomic E-state index is 11.8. The van der Waals surface area contributed by atoms with Gasteiger partial charge in [-0.3, -0.25) is 4.79 Å². The van der Waals surface area contributed by atoms with Gasteiger partial charge in [-0.15, -0.1) is 0 Å². The summed E-state index contributed by atoms with van der Waals surface area (Å²) in [5, 5.41) is 6.89. The fourth-order valence-corrected chi connectivity index (χ4v) is 2.63. The van der Waals surface area contributed by atoms with Gasteiger partial charge in [-0.25, -0.2) is 0 Å². The van der Waals surface area contributed by atoms with Crippen LogP contribution < -0.4 is 5.32 Å². The van der Waals surface area contributed by atoms with Gasteiger partial charge in [-0.05, 0) is 25.3 Å². The molecule has 1 atom stereocenters. The van der Waals surface area contributed by atoms with Gasteiger partial charge in [-0.2, -0.15) is 4.98 Å². The number of nitrogens with one attached hydrogen (secondary N) is 1. The van der Waals surface area contributed by atoms with Crippen molar-refractivity contribution in [1.29, 1.82) is 0 Å². The maximum atomic E-state index is 11.8. The van der Waals surface area contributed by atoms with E-state index in [-0.39, 0.29) is 12.0 Å². The number of rotatable bonds is 6. The Morgan fingerprint density at radius 3 is 3.04 bits per heavy atom. The summed E-state index contributed by atoms with van der Waals surface area (Å²) in [6.07, 6.45) is 3.03. The highest BCUT2D eigenvalue weighted by Gasteiger charge is 2.17. The largest absolute Gasteiger partial charge is 0.376 e. The van der Waals surface area contributed by atoms with Crippen LogP contribution in [0.2, 0.25) is 0 Å². The first-order chi connectivity index (χ1) is 11.2. The van der Waals surface area contributed by atoms with Crippen LogP contribution in [0.1, 0.15) is 30.7 Å². The molecule has 122 valence electrons. The molecule has 1 aromatic carbocycles. The van der Waals surface area contributed by atoms with Gasteiger partial charge in [-0.1, -0.05) is 29.4 Å². The van der Waals surface area contributed by atoms with Crippen LogP contribution >= 0.6 is 0 Å². The summed E-state index contributed by atoms with van der Waals surface area (Å²) >= 11 is 0. The first-order valence-electron chi connectivity index (χ1n) is 7.99. The van der Waals surface area contributed by atoms with E-state index in [4.69, 9.17) is 9.26 Å². The number of nitrogens with zero attached hydrogens (tertiary/aromatic N) is 2. The van der Waals surface area contributed by atoms with Crippen LogP contribution in [-0.4, -0.2) is 35.3 Å². The normalized spacial score (nSPS) is 17.3. The van der Waals surface area contributed by atoms with Crippen LogP contribution in [0.15, 0.2) is 28.8 Å². The smallest absolute Gasteiger partial charge is 0.227 e. The van der Waals surface area contributed by atoms with E-state index < -0.39 is 0 Å². The number of carbonyl (C=O) groups is 1. The van der Waals surface area contributed by atoms with E-state index >= 15 is 0 Å². The summed E-state index contributed by atoms with van der Waals surface area (Å²) < 4.78 is 10.7. The van der Waals surface area contributed by atoms with Gasteiger partial charge in [0.25, 0.3) is 0 Å². The Morgan fingerprint density at radius 2 is 2.26 bits per heavy atom. The molecule has 1 saturated heterocycles. The van der Waals surface area contributed by atoms with Gasteiger partial charge in [0.15, 0.2) is 0 Å². The van der Waals surface area contributed by atoms with Crippen LogP contribution in [-0.2, 0) is 16.0 Å². The average Bonchev–Trinajstić information content (AvgIpc) is 3.23. The molecule has 0 unspecified atom stereocenters. The molecular formula is C17H21N3O3.